The fourth-order valence-corrected chi connectivity index (χ4v) is 2.80. The van der Waals surface area contributed by atoms with E-state index in [1.807, 2.05) is 17.7 Å². The molecule has 0 aliphatic heterocycles. The standard InChI is InChI=1S/C13H22NO/c1-8-10(2)12(3)11(9-15-7)13(12,4)14(5)6/h8,11H,1-2,5,9H2,3-4,6-7H3/q+1. The van der Waals surface area contributed by atoms with Crippen LogP contribution >= 0.6 is 0 Å². The molecule has 0 heterocycles. The van der Waals surface area contributed by atoms with Gasteiger partial charge < -0.3 is 4.74 Å². The predicted octanol–water partition coefficient (Wildman–Crippen LogP) is 2.11. The molecule has 1 rings (SSSR count). The van der Waals surface area contributed by atoms with Crippen LogP contribution in [0.4, 0.5) is 0 Å². The maximum atomic E-state index is 5.27. The van der Waals surface area contributed by atoms with Gasteiger partial charge in [0.2, 0.25) is 0 Å². The zero-order valence-corrected chi connectivity index (χ0v) is 10.3. The summed E-state index contributed by atoms with van der Waals surface area (Å²) in [4.78, 5) is 0. The van der Waals surface area contributed by atoms with Crippen molar-refractivity contribution in [3.05, 3.63) is 24.8 Å². The van der Waals surface area contributed by atoms with Gasteiger partial charge in [-0.15, -0.1) is 0 Å². The molecule has 1 fully saturated rings. The summed E-state index contributed by atoms with van der Waals surface area (Å²) in [7, 11) is 3.74. The number of methoxy groups -OCH3 is 1. The fraction of sp³-hybridized carbons (Fsp3) is 0.615. The molecule has 2 nitrogen and oxygen atoms in total. The number of nitrogens with zero attached hydrogens (tertiary/aromatic N) is 1. The summed E-state index contributed by atoms with van der Waals surface area (Å²) in [6.45, 7) is 17.1. The summed E-state index contributed by atoms with van der Waals surface area (Å²) >= 11 is 0. The van der Waals surface area contributed by atoms with E-state index in [1.165, 1.54) is 0 Å². The molecule has 0 spiro atoms. The Kier molecular flexibility index (Phi) is 2.92. The molecule has 3 unspecified atom stereocenters. The first-order valence-electron chi connectivity index (χ1n) is 5.22. The van der Waals surface area contributed by atoms with E-state index in [9.17, 15) is 0 Å². The Morgan fingerprint density at radius 1 is 1.53 bits per heavy atom. The van der Waals surface area contributed by atoms with Crippen molar-refractivity contribution in [2.75, 3.05) is 20.8 Å². The highest BCUT2D eigenvalue weighted by Crippen LogP contribution is 2.67. The lowest BCUT2D eigenvalue weighted by molar-refractivity contribution is -0.551. The van der Waals surface area contributed by atoms with Crippen molar-refractivity contribution in [2.24, 2.45) is 11.3 Å². The molecule has 2 heteroatoms. The van der Waals surface area contributed by atoms with Gasteiger partial charge in [-0.05, 0) is 12.5 Å². The van der Waals surface area contributed by atoms with Crippen LogP contribution in [0.1, 0.15) is 13.8 Å². The van der Waals surface area contributed by atoms with E-state index in [0.29, 0.717) is 5.92 Å². The molecule has 3 atom stereocenters. The number of hydrogen-bond acceptors (Lipinski definition) is 1. The van der Waals surface area contributed by atoms with Crippen molar-refractivity contribution < 1.29 is 9.31 Å². The lowest BCUT2D eigenvalue weighted by atomic mass is 9.93. The van der Waals surface area contributed by atoms with Gasteiger partial charge in [-0.2, -0.15) is 0 Å². The van der Waals surface area contributed by atoms with Crippen LogP contribution in [0.3, 0.4) is 0 Å². The Labute approximate surface area is 93.0 Å². The summed E-state index contributed by atoms with van der Waals surface area (Å²) in [5.41, 5.74) is 1.12. The molecule has 1 saturated carbocycles. The van der Waals surface area contributed by atoms with E-state index in [1.54, 1.807) is 7.11 Å². The molecule has 0 aromatic heterocycles. The molecule has 0 saturated heterocycles. The van der Waals surface area contributed by atoms with E-state index in [2.05, 4.69) is 33.7 Å². The third-order valence-corrected chi connectivity index (χ3v) is 4.38. The third-order valence-electron chi connectivity index (χ3n) is 4.38. The Balaban J connectivity index is 3.05. The Hall–Kier alpha value is -0.890. The van der Waals surface area contributed by atoms with Crippen LogP contribution in [0.25, 0.3) is 0 Å². The van der Waals surface area contributed by atoms with Crippen molar-refractivity contribution in [3.63, 3.8) is 0 Å². The lowest BCUT2D eigenvalue weighted by Gasteiger charge is -2.14. The first-order valence-corrected chi connectivity index (χ1v) is 5.22. The van der Waals surface area contributed by atoms with E-state index in [0.717, 1.165) is 12.2 Å². The smallest absolute Gasteiger partial charge is 0.174 e. The van der Waals surface area contributed by atoms with Gasteiger partial charge in [-0.1, -0.05) is 19.2 Å². The van der Waals surface area contributed by atoms with Gasteiger partial charge in [0.15, 0.2) is 5.54 Å². The SMILES string of the molecule is C=CC(=C)C1(C)C(COC)C1(C)[N+](=C)C. The highest BCUT2D eigenvalue weighted by Gasteiger charge is 2.78. The Morgan fingerprint density at radius 2 is 2.07 bits per heavy atom. The average Bonchev–Trinajstić information content (AvgIpc) is 2.68. The maximum absolute atomic E-state index is 5.27. The molecule has 0 aromatic carbocycles. The second-order valence-corrected chi connectivity index (χ2v) is 4.79. The summed E-state index contributed by atoms with van der Waals surface area (Å²) in [6.07, 6.45) is 1.84. The van der Waals surface area contributed by atoms with Crippen molar-refractivity contribution in [1.82, 2.24) is 0 Å². The molecule has 0 aromatic rings. The summed E-state index contributed by atoms with van der Waals surface area (Å²) in [6, 6.07) is 0. The Morgan fingerprint density at radius 3 is 2.40 bits per heavy atom. The minimum Gasteiger partial charge on any atom is -0.384 e. The van der Waals surface area contributed by atoms with Gasteiger partial charge in [-0.25, -0.2) is 4.58 Å². The largest absolute Gasteiger partial charge is 0.384 e. The molecule has 84 valence electrons. The minimum absolute atomic E-state index is 0.0221. The fourth-order valence-electron chi connectivity index (χ4n) is 2.80. The molecule has 1 aliphatic rings. The van der Waals surface area contributed by atoms with Gasteiger partial charge in [0.25, 0.3) is 0 Å². The highest BCUT2D eigenvalue weighted by atomic mass is 16.5. The molecule has 0 radical (unpaired) electrons. The third kappa shape index (κ3) is 1.31. The van der Waals surface area contributed by atoms with Gasteiger partial charge >= 0.3 is 0 Å². The number of ether oxygens (including phenoxy) is 1. The van der Waals surface area contributed by atoms with Crippen LogP contribution < -0.4 is 0 Å². The zero-order valence-electron chi connectivity index (χ0n) is 10.3. The Bertz CT molecular complexity index is 320. The number of allylic oxidation sites excluding steroid dienone is 1. The van der Waals surface area contributed by atoms with E-state index < -0.39 is 0 Å². The predicted molar refractivity (Wildman–Crippen MR) is 64.5 cm³/mol. The molecule has 15 heavy (non-hydrogen) atoms. The molecular formula is C13H22NO+. The second-order valence-electron chi connectivity index (χ2n) is 4.79. The lowest BCUT2D eigenvalue weighted by Crippen LogP contribution is -2.28. The molecule has 0 N–H and O–H groups in total. The van der Waals surface area contributed by atoms with Crippen LogP contribution in [0, 0.1) is 11.3 Å². The molecule has 0 bridgehead atoms. The van der Waals surface area contributed by atoms with Crippen molar-refractivity contribution in [3.8, 4) is 0 Å². The molecule has 1 aliphatic carbocycles. The normalized spacial score (nSPS) is 38.5. The second kappa shape index (κ2) is 3.60. The van der Waals surface area contributed by atoms with Gasteiger partial charge in [0, 0.05) is 14.0 Å². The highest BCUT2D eigenvalue weighted by molar-refractivity contribution is 5.39. The summed E-state index contributed by atoms with van der Waals surface area (Å²) in [5, 5.41) is 0. The van der Waals surface area contributed by atoms with Gasteiger partial charge in [-0.3, -0.25) is 0 Å². The summed E-state index contributed by atoms with van der Waals surface area (Å²) < 4.78 is 7.29. The van der Waals surface area contributed by atoms with E-state index in [-0.39, 0.29) is 11.0 Å². The first-order chi connectivity index (χ1) is 6.87. The first kappa shape index (κ1) is 12.2. The average molecular weight is 208 g/mol. The van der Waals surface area contributed by atoms with E-state index >= 15 is 0 Å². The van der Waals surface area contributed by atoms with Crippen molar-refractivity contribution in [1.29, 1.82) is 0 Å². The van der Waals surface area contributed by atoms with Crippen molar-refractivity contribution >= 4 is 6.72 Å². The van der Waals surface area contributed by atoms with Crippen LogP contribution in [0.15, 0.2) is 24.8 Å². The monoisotopic (exact) mass is 208 g/mol. The zero-order chi connectivity index (χ0) is 11.9. The topological polar surface area (TPSA) is 12.2 Å². The van der Waals surface area contributed by atoms with Crippen LogP contribution in [-0.2, 0) is 4.74 Å². The van der Waals surface area contributed by atoms with Gasteiger partial charge in [0.1, 0.15) is 13.8 Å². The minimum atomic E-state index is 0.0221. The van der Waals surface area contributed by atoms with Gasteiger partial charge in [0.05, 0.1) is 17.9 Å². The maximum Gasteiger partial charge on any atom is 0.174 e. The van der Waals surface area contributed by atoms with Crippen LogP contribution in [0.5, 0.6) is 0 Å². The molecular weight excluding hydrogens is 186 g/mol. The van der Waals surface area contributed by atoms with E-state index in [4.69, 9.17) is 4.74 Å². The van der Waals surface area contributed by atoms with Crippen LogP contribution in [0.2, 0.25) is 0 Å². The quantitative estimate of drug-likeness (QED) is 0.383. The van der Waals surface area contributed by atoms with Crippen molar-refractivity contribution in [2.45, 2.75) is 19.4 Å². The van der Waals surface area contributed by atoms with Crippen LogP contribution in [-0.4, -0.2) is 37.6 Å². The number of hydrogen-bond donors (Lipinski definition) is 0. The number of rotatable bonds is 5. The summed E-state index contributed by atoms with van der Waals surface area (Å²) in [5.74, 6) is 0.433. The molecule has 0 amide bonds.